The lowest BCUT2D eigenvalue weighted by Gasteiger charge is -2.05. The maximum atomic E-state index is 12.1. The van der Waals surface area contributed by atoms with E-state index in [-0.39, 0.29) is 30.1 Å². The largest absolute Gasteiger partial charge is 0.419 e. The van der Waals surface area contributed by atoms with Crippen LogP contribution in [0.25, 0.3) is 16.8 Å². The molecular formula is C22H21N5O5. The van der Waals surface area contributed by atoms with Crippen molar-refractivity contribution in [2.24, 2.45) is 0 Å². The molecule has 0 radical (unpaired) electrons. The minimum Gasteiger partial charge on any atom is -0.407 e. The van der Waals surface area contributed by atoms with E-state index in [9.17, 15) is 19.7 Å². The Bertz CT molecular complexity index is 1310. The number of carbonyl (C=O) groups excluding carboxylic acids is 1. The number of benzene rings is 2. The molecule has 164 valence electrons. The second kappa shape index (κ2) is 9.29. The van der Waals surface area contributed by atoms with Crippen LogP contribution in [0.1, 0.15) is 18.4 Å². The topological polar surface area (TPSA) is 125 Å². The molecule has 2 aromatic heterocycles. The van der Waals surface area contributed by atoms with Crippen LogP contribution in [0.3, 0.4) is 0 Å². The zero-order valence-corrected chi connectivity index (χ0v) is 17.1. The molecule has 10 nitrogen and oxygen atoms in total. The number of aromatic nitrogens is 3. The van der Waals surface area contributed by atoms with Crippen molar-refractivity contribution in [2.45, 2.75) is 25.8 Å². The van der Waals surface area contributed by atoms with Crippen molar-refractivity contribution in [1.29, 1.82) is 0 Å². The fourth-order valence-electron chi connectivity index (χ4n) is 3.42. The van der Waals surface area contributed by atoms with Gasteiger partial charge in [-0.2, -0.15) is 5.10 Å². The van der Waals surface area contributed by atoms with E-state index in [0.717, 1.165) is 11.3 Å². The van der Waals surface area contributed by atoms with Gasteiger partial charge in [0.05, 0.1) is 28.4 Å². The number of carbonyl (C=O) groups is 1. The van der Waals surface area contributed by atoms with E-state index in [1.165, 1.54) is 22.8 Å². The molecule has 1 amide bonds. The first-order valence-electron chi connectivity index (χ1n) is 10.1. The molecular weight excluding hydrogens is 414 g/mol. The second-order valence-electron chi connectivity index (χ2n) is 7.26. The van der Waals surface area contributed by atoms with E-state index in [4.69, 9.17) is 4.42 Å². The van der Waals surface area contributed by atoms with Crippen LogP contribution in [-0.2, 0) is 17.8 Å². The Morgan fingerprint density at radius 3 is 2.78 bits per heavy atom. The number of hydrogen-bond donors (Lipinski definition) is 1. The van der Waals surface area contributed by atoms with Crippen LogP contribution in [-0.4, -0.2) is 31.7 Å². The van der Waals surface area contributed by atoms with E-state index in [2.05, 4.69) is 10.4 Å². The van der Waals surface area contributed by atoms with Crippen molar-refractivity contribution in [2.75, 3.05) is 6.54 Å². The number of oxazole rings is 1. The van der Waals surface area contributed by atoms with Crippen molar-refractivity contribution < 1.29 is 14.1 Å². The van der Waals surface area contributed by atoms with Gasteiger partial charge in [-0.15, -0.1) is 0 Å². The average Bonchev–Trinajstić information content (AvgIpc) is 3.38. The van der Waals surface area contributed by atoms with Gasteiger partial charge in [-0.1, -0.05) is 18.2 Å². The summed E-state index contributed by atoms with van der Waals surface area (Å²) in [5.74, 6) is -0.715. The van der Waals surface area contributed by atoms with Gasteiger partial charge in [-0.25, -0.2) is 9.48 Å². The van der Waals surface area contributed by atoms with Crippen molar-refractivity contribution >= 4 is 22.7 Å². The van der Waals surface area contributed by atoms with Gasteiger partial charge in [0, 0.05) is 31.8 Å². The molecule has 0 saturated heterocycles. The van der Waals surface area contributed by atoms with Gasteiger partial charge < -0.3 is 9.73 Å². The van der Waals surface area contributed by atoms with Crippen molar-refractivity contribution in [3.63, 3.8) is 0 Å². The van der Waals surface area contributed by atoms with Crippen LogP contribution in [0, 0.1) is 10.1 Å². The predicted octanol–water partition coefficient (Wildman–Crippen LogP) is 2.83. The smallest absolute Gasteiger partial charge is 0.407 e. The standard InChI is InChI=1S/C22H21N5O5/c28-21(23-11-10-16-14-24-26(15-16)17-5-2-1-3-6-17)7-4-12-25-19-9-8-18(27(30)31)13-20(19)32-22(25)29/h1-3,5-6,8-9,13-15H,4,7,10-12H2,(H,23,28). The fraction of sp³-hybridized carbons (Fsp3) is 0.227. The molecule has 0 aliphatic carbocycles. The van der Waals surface area contributed by atoms with Crippen LogP contribution in [0.2, 0.25) is 0 Å². The van der Waals surface area contributed by atoms with Crippen LogP contribution < -0.4 is 11.1 Å². The van der Waals surface area contributed by atoms with Gasteiger partial charge >= 0.3 is 5.76 Å². The van der Waals surface area contributed by atoms with Gasteiger partial charge in [0.15, 0.2) is 5.58 Å². The summed E-state index contributed by atoms with van der Waals surface area (Å²) in [5.41, 5.74) is 2.47. The number of nitrogens with one attached hydrogen (secondary N) is 1. The maximum absolute atomic E-state index is 12.1. The Morgan fingerprint density at radius 2 is 2.00 bits per heavy atom. The Morgan fingerprint density at radius 1 is 1.19 bits per heavy atom. The molecule has 32 heavy (non-hydrogen) atoms. The molecule has 0 bridgehead atoms. The Labute approximate surface area is 182 Å². The number of amides is 1. The van der Waals surface area contributed by atoms with Gasteiger partial charge in [-0.05, 0) is 36.6 Å². The third-order valence-electron chi connectivity index (χ3n) is 5.04. The van der Waals surface area contributed by atoms with Gasteiger partial charge in [0.2, 0.25) is 5.91 Å². The number of non-ortho nitro benzene ring substituents is 1. The highest BCUT2D eigenvalue weighted by atomic mass is 16.6. The summed E-state index contributed by atoms with van der Waals surface area (Å²) in [6.07, 6.45) is 5.05. The highest BCUT2D eigenvalue weighted by Crippen LogP contribution is 2.20. The Balaban J connectivity index is 1.25. The number of rotatable bonds is 9. The van der Waals surface area contributed by atoms with Crippen LogP contribution >= 0.6 is 0 Å². The molecule has 2 heterocycles. The highest BCUT2D eigenvalue weighted by Gasteiger charge is 2.14. The molecule has 10 heteroatoms. The monoisotopic (exact) mass is 435 g/mol. The molecule has 1 N–H and O–H groups in total. The number of fused-ring (bicyclic) bond motifs is 1. The molecule has 0 unspecified atom stereocenters. The van der Waals surface area contributed by atoms with E-state index < -0.39 is 10.7 Å². The molecule has 0 saturated carbocycles. The first kappa shape index (κ1) is 21.0. The van der Waals surface area contributed by atoms with Gasteiger partial charge in [0.25, 0.3) is 5.69 Å². The first-order valence-corrected chi connectivity index (χ1v) is 10.1. The summed E-state index contributed by atoms with van der Waals surface area (Å²) in [6.45, 7) is 0.762. The molecule has 4 rings (SSSR count). The molecule has 0 spiro atoms. The van der Waals surface area contributed by atoms with E-state index in [1.807, 2.05) is 36.5 Å². The van der Waals surface area contributed by atoms with E-state index in [1.54, 1.807) is 10.9 Å². The normalized spacial score (nSPS) is 11.0. The van der Waals surface area contributed by atoms with Crippen molar-refractivity contribution in [3.8, 4) is 5.69 Å². The summed E-state index contributed by atoms with van der Waals surface area (Å²) in [5, 5.41) is 18.1. The van der Waals surface area contributed by atoms with Crippen molar-refractivity contribution in [3.05, 3.63) is 87.2 Å². The Kier molecular flexibility index (Phi) is 6.11. The number of nitro benzene ring substituents is 1. The average molecular weight is 435 g/mol. The van der Waals surface area contributed by atoms with Crippen molar-refractivity contribution in [1.82, 2.24) is 19.7 Å². The van der Waals surface area contributed by atoms with Gasteiger partial charge in [0.1, 0.15) is 0 Å². The molecule has 0 fully saturated rings. The third kappa shape index (κ3) is 4.75. The maximum Gasteiger partial charge on any atom is 0.419 e. The number of aryl methyl sites for hydroxylation is 1. The second-order valence-corrected chi connectivity index (χ2v) is 7.26. The fourth-order valence-corrected chi connectivity index (χ4v) is 3.42. The zero-order chi connectivity index (χ0) is 22.5. The lowest BCUT2D eigenvalue weighted by atomic mass is 10.2. The van der Waals surface area contributed by atoms with Crippen LogP contribution in [0.15, 0.2) is 70.1 Å². The van der Waals surface area contributed by atoms with Crippen LogP contribution in [0.5, 0.6) is 0 Å². The summed E-state index contributed by atoms with van der Waals surface area (Å²) in [7, 11) is 0. The predicted molar refractivity (Wildman–Crippen MR) is 117 cm³/mol. The summed E-state index contributed by atoms with van der Waals surface area (Å²) >= 11 is 0. The van der Waals surface area contributed by atoms with Crippen LogP contribution in [0.4, 0.5) is 5.69 Å². The molecule has 2 aromatic carbocycles. The molecule has 4 aromatic rings. The lowest BCUT2D eigenvalue weighted by Crippen LogP contribution is -2.26. The summed E-state index contributed by atoms with van der Waals surface area (Å²) in [4.78, 5) is 34.5. The molecule has 0 atom stereocenters. The molecule has 0 aliphatic heterocycles. The lowest BCUT2D eigenvalue weighted by molar-refractivity contribution is -0.384. The minimum absolute atomic E-state index is 0.114. The Hall–Kier alpha value is -4.21. The number of para-hydroxylation sites is 1. The van der Waals surface area contributed by atoms with E-state index >= 15 is 0 Å². The van der Waals surface area contributed by atoms with Gasteiger partial charge in [-0.3, -0.25) is 19.5 Å². The minimum atomic E-state index is -0.601. The quantitative estimate of drug-likeness (QED) is 0.318. The SMILES string of the molecule is O=C(CCCn1c(=O)oc2cc([N+](=O)[O-])ccc21)NCCc1cnn(-c2ccccc2)c1. The molecule has 0 aliphatic rings. The third-order valence-corrected chi connectivity index (χ3v) is 5.04. The number of nitrogens with zero attached hydrogens (tertiary/aromatic N) is 4. The number of nitro groups is 1. The van der Waals surface area contributed by atoms with E-state index in [0.29, 0.717) is 24.9 Å². The first-order chi connectivity index (χ1) is 15.5. The zero-order valence-electron chi connectivity index (χ0n) is 17.1. The summed E-state index contributed by atoms with van der Waals surface area (Å²) in [6, 6.07) is 13.8. The highest BCUT2D eigenvalue weighted by molar-refractivity contribution is 5.76. The number of hydrogen-bond acceptors (Lipinski definition) is 6. The summed E-state index contributed by atoms with van der Waals surface area (Å²) < 4.78 is 8.26.